The zero-order valence-electron chi connectivity index (χ0n) is 24.7. The summed E-state index contributed by atoms with van der Waals surface area (Å²) in [6.45, 7) is 12.8. The van der Waals surface area contributed by atoms with Gasteiger partial charge in [-0.2, -0.15) is 15.8 Å². The Hall–Kier alpha value is -4.25. The number of nitriles is 3. The van der Waals surface area contributed by atoms with Crippen molar-refractivity contribution in [1.82, 2.24) is 0 Å². The van der Waals surface area contributed by atoms with Crippen LogP contribution in [0.5, 0.6) is 5.75 Å². The molecule has 0 fully saturated rings. The van der Waals surface area contributed by atoms with E-state index >= 15 is 0 Å². The zero-order valence-corrected chi connectivity index (χ0v) is 25.5. The zero-order chi connectivity index (χ0) is 29.8. The maximum absolute atomic E-state index is 9.75. The van der Waals surface area contributed by atoms with Crippen molar-refractivity contribution < 1.29 is 9.47 Å². The van der Waals surface area contributed by atoms with E-state index in [2.05, 4.69) is 68.2 Å². The molecule has 1 aromatic carbocycles. The number of hydrogen-bond donors (Lipinski definition) is 0. The first-order valence-corrected chi connectivity index (χ1v) is 15.0. The third-order valence-electron chi connectivity index (χ3n) is 6.93. The van der Waals surface area contributed by atoms with Gasteiger partial charge < -0.3 is 14.4 Å². The van der Waals surface area contributed by atoms with Crippen molar-refractivity contribution in [3.05, 3.63) is 74.2 Å². The van der Waals surface area contributed by atoms with Crippen LogP contribution in [-0.2, 0) is 4.74 Å². The highest BCUT2D eigenvalue weighted by Gasteiger charge is 2.38. The number of ether oxygens (including phenoxy) is 2. The van der Waals surface area contributed by atoms with Crippen molar-refractivity contribution in [1.29, 1.82) is 15.8 Å². The normalized spacial score (nSPS) is 14.1. The summed E-state index contributed by atoms with van der Waals surface area (Å²) in [4.78, 5) is 4.41. The summed E-state index contributed by atoms with van der Waals surface area (Å²) in [6, 6.07) is 16.3. The molecule has 6 nitrogen and oxygen atoms in total. The molecule has 212 valence electrons. The van der Waals surface area contributed by atoms with E-state index in [1.54, 1.807) is 11.3 Å². The molecule has 0 aliphatic carbocycles. The molecule has 2 aromatic rings. The van der Waals surface area contributed by atoms with Crippen molar-refractivity contribution in [3.63, 3.8) is 0 Å². The van der Waals surface area contributed by atoms with Crippen molar-refractivity contribution in [3.8, 4) is 24.0 Å². The van der Waals surface area contributed by atoms with Gasteiger partial charge in [-0.15, -0.1) is 11.3 Å². The Morgan fingerprint density at radius 1 is 0.927 bits per heavy atom. The van der Waals surface area contributed by atoms with E-state index in [1.165, 1.54) is 24.9 Å². The molecule has 1 aromatic heterocycles. The van der Waals surface area contributed by atoms with Gasteiger partial charge >= 0.3 is 0 Å². The van der Waals surface area contributed by atoms with Crippen molar-refractivity contribution in [2.75, 3.05) is 24.6 Å². The predicted molar refractivity (Wildman–Crippen MR) is 168 cm³/mol. The van der Waals surface area contributed by atoms with Crippen LogP contribution in [0.25, 0.3) is 18.2 Å². The topological polar surface area (TPSA) is 93.1 Å². The van der Waals surface area contributed by atoms with Crippen LogP contribution in [0.4, 0.5) is 5.69 Å². The Bertz CT molecular complexity index is 1450. The molecule has 1 aliphatic heterocycles. The van der Waals surface area contributed by atoms with Gasteiger partial charge in [-0.3, -0.25) is 0 Å². The molecule has 0 N–H and O–H groups in total. The molecule has 7 heteroatoms. The van der Waals surface area contributed by atoms with E-state index in [-0.39, 0.29) is 16.9 Å². The maximum atomic E-state index is 9.75. The van der Waals surface area contributed by atoms with E-state index in [0.717, 1.165) is 40.6 Å². The second-order valence-electron chi connectivity index (χ2n) is 10.2. The predicted octanol–water partition coefficient (Wildman–Crippen LogP) is 8.67. The SMILES string of the molecule is CCCCCCOc1cc(N(CC)CC)ccc1/C=C/c1ccc(/C=C/C2=C(C#N)C(=C(C#N)C#N)OC2(C)C)s1. The average molecular weight is 567 g/mol. The van der Waals surface area contributed by atoms with Crippen molar-refractivity contribution in [2.24, 2.45) is 0 Å². The minimum Gasteiger partial charge on any atom is -0.493 e. The van der Waals surface area contributed by atoms with Gasteiger partial charge in [-0.1, -0.05) is 32.3 Å². The van der Waals surface area contributed by atoms with Crippen LogP contribution in [0.15, 0.2) is 58.9 Å². The number of thiophene rings is 1. The highest BCUT2D eigenvalue weighted by atomic mass is 32.1. The maximum Gasteiger partial charge on any atom is 0.172 e. The number of rotatable bonds is 13. The van der Waals surface area contributed by atoms with E-state index in [1.807, 2.05) is 44.2 Å². The first-order valence-electron chi connectivity index (χ1n) is 14.2. The molecule has 0 radical (unpaired) electrons. The highest BCUT2D eigenvalue weighted by Crippen LogP contribution is 2.40. The smallest absolute Gasteiger partial charge is 0.172 e. The highest BCUT2D eigenvalue weighted by molar-refractivity contribution is 7.13. The van der Waals surface area contributed by atoms with E-state index in [0.29, 0.717) is 12.2 Å². The molecule has 0 unspecified atom stereocenters. The Labute approximate surface area is 248 Å². The monoisotopic (exact) mass is 566 g/mol. The average Bonchev–Trinajstić information content (AvgIpc) is 3.53. The van der Waals surface area contributed by atoms with Gasteiger partial charge in [-0.05, 0) is 76.6 Å². The standard InChI is InChI=1S/C34H38N4O2S/c1-6-9-10-11-20-39-32-21-27(38(7-2)8-3)14-12-25(32)13-15-28-16-17-29(41-28)18-19-31-30(24-37)33(26(22-35)23-36)40-34(31,4)5/h12-19,21H,6-11,20H2,1-5H3/b15-13+,19-18+. The first kappa shape index (κ1) is 31.3. The molecule has 2 heterocycles. The molecule has 3 rings (SSSR count). The van der Waals surface area contributed by atoms with Crippen LogP contribution >= 0.6 is 11.3 Å². The quantitative estimate of drug-likeness (QED) is 0.178. The first-order chi connectivity index (χ1) is 19.8. The van der Waals surface area contributed by atoms with Crippen molar-refractivity contribution in [2.45, 2.75) is 65.9 Å². The number of benzene rings is 1. The fourth-order valence-corrected chi connectivity index (χ4v) is 5.47. The van der Waals surface area contributed by atoms with Gasteiger partial charge in [0.05, 0.1) is 6.61 Å². The van der Waals surface area contributed by atoms with E-state index in [4.69, 9.17) is 9.47 Å². The second kappa shape index (κ2) is 14.9. The summed E-state index contributed by atoms with van der Waals surface area (Å²) in [5, 5.41) is 28.3. The van der Waals surface area contributed by atoms with Crippen LogP contribution < -0.4 is 9.64 Å². The van der Waals surface area contributed by atoms with Gasteiger partial charge in [0.1, 0.15) is 35.1 Å². The van der Waals surface area contributed by atoms with Crippen LogP contribution in [0, 0.1) is 34.0 Å². The Kier molecular flexibility index (Phi) is 11.4. The van der Waals surface area contributed by atoms with E-state index in [9.17, 15) is 15.8 Å². The second-order valence-corrected chi connectivity index (χ2v) is 11.3. The molecule has 0 bridgehead atoms. The lowest BCUT2D eigenvalue weighted by Gasteiger charge is -2.22. The Morgan fingerprint density at radius 2 is 1.61 bits per heavy atom. The lowest BCUT2D eigenvalue weighted by molar-refractivity contribution is 0.0954. The van der Waals surface area contributed by atoms with Gasteiger partial charge in [0.2, 0.25) is 0 Å². The molecule has 0 atom stereocenters. The van der Waals surface area contributed by atoms with Gasteiger partial charge in [0.25, 0.3) is 0 Å². The molecule has 0 spiro atoms. The fraction of sp³-hybridized carbons (Fsp3) is 0.382. The fourth-order valence-electron chi connectivity index (χ4n) is 4.65. The number of nitrogens with zero attached hydrogens (tertiary/aromatic N) is 4. The van der Waals surface area contributed by atoms with Crippen LogP contribution in [0.2, 0.25) is 0 Å². The molecule has 41 heavy (non-hydrogen) atoms. The summed E-state index contributed by atoms with van der Waals surface area (Å²) < 4.78 is 12.1. The molecule has 0 saturated carbocycles. The lowest BCUT2D eigenvalue weighted by Crippen LogP contribution is -2.21. The number of hydrogen-bond acceptors (Lipinski definition) is 7. The molecular formula is C34H38N4O2S. The third kappa shape index (κ3) is 7.91. The van der Waals surface area contributed by atoms with Crippen LogP contribution in [0.3, 0.4) is 0 Å². The molecular weight excluding hydrogens is 528 g/mol. The number of anilines is 1. The third-order valence-corrected chi connectivity index (χ3v) is 7.95. The summed E-state index contributed by atoms with van der Waals surface area (Å²) >= 11 is 1.62. The number of allylic oxidation sites excluding steroid dienone is 2. The molecule has 1 aliphatic rings. The summed E-state index contributed by atoms with van der Waals surface area (Å²) in [7, 11) is 0. The Balaban J connectivity index is 1.83. The minimum absolute atomic E-state index is 0.0485. The van der Waals surface area contributed by atoms with Crippen LogP contribution in [-0.4, -0.2) is 25.3 Å². The number of unbranched alkanes of at least 4 members (excludes halogenated alkanes) is 3. The molecule has 0 amide bonds. The minimum atomic E-state index is -0.833. The summed E-state index contributed by atoms with van der Waals surface area (Å²) in [5.74, 6) is 0.948. The molecule has 0 saturated heterocycles. The largest absolute Gasteiger partial charge is 0.493 e. The Morgan fingerprint density at radius 3 is 2.22 bits per heavy atom. The summed E-state index contributed by atoms with van der Waals surface area (Å²) in [5.41, 5.74) is 2.03. The van der Waals surface area contributed by atoms with Gasteiger partial charge in [-0.25, -0.2) is 0 Å². The lowest BCUT2D eigenvalue weighted by atomic mass is 9.94. The van der Waals surface area contributed by atoms with Crippen molar-refractivity contribution >= 4 is 35.3 Å². The van der Waals surface area contributed by atoms with Gasteiger partial charge in [0.15, 0.2) is 11.3 Å². The van der Waals surface area contributed by atoms with E-state index < -0.39 is 5.60 Å². The summed E-state index contributed by atoms with van der Waals surface area (Å²) in [6.07, 6.45) is 12.6. The van der Waals surface area contributed by atoms with Gasteiger partial charge in [0, 0.05) is 45.7 Å². The van der Waals surface area contributed by atoms with Crippen LogP contribution in [0.1, 0.15) is 75.6 Å².